The highest BCUT2D eigenvalue weighted by molar-refractivity contribution is 5.81. The van der Waals surface area contributed by atoms with Gasteiger partial charge in [-0.1, -0.05) is 25.7 Å². The number of esters is 1. The van der Waals surface area contributed by atoms with E-state index in [1.165, 1.54) is 26.4 Å². The Kier molecular flexibility index (Phi) is 10.1. The second-order valence-electron chi connectivity index (χ2n) is 7.90. The van der Waals surface area contributed by atoms with Gasteiger partial charge in [-0.2, -0.15) is 0 Å². The third-order valence-electron chi connectivity index (χ3n) is 5.68. The van der Waals surface area contributed by atoms with E-state index in [4.69, 9.17) is 0 Å². The molecule has 1 saturated heterocycles. The first-order valence-electron chi connectivity index (χ1n) is 11.0. The number of nitrogens with one attached hydrogen (secondary N) is 2. The van der Waals surface area contributed by atoms with E-state index in [1.54, 1.807) is 0 Å². The molecule has 0 spiro atoms. The molecule has 1 aliphatic heterocycles. The van der Waals surface area contributed by atoms with Gasteiger partial charge in [0, 0.05) is 44.6 Å². The molecule has 7 nitrogen and oxygen atoms in total. The van der Waals surface area contributed by atoms with E-state index in [9.17, 15) is 9.59 Å². The molecule has 160 valence electrons. The number of hydrogen-bond acceptors (Lipinski definition) is 4. The highest BCUT2D eigenvalue weighted by atomic mass is 16.5. The van der Waals surface area contributed by atoms with Crippen LogP contribution in [0, 0.1) is 5.92 Å². The number of carbonyl (C=O) groups is 2. The molecule has 0 radical (unpaired) electrons. The van der Waals surface area contributed by atoms with Gasteiger partial charge in [-0.05, 0) is 39.0 Å². The van der Waals surface area contributed by atoms with Crippen LogP contribution < -0.4 is 10.6 Å². The lowest BCUT2D eigenvalue weighted by Crippen LogP contribution is -2.45. The summed E-state index contributed by atoms with van der Waals surface area (Å²) in [6.07, 6.45) is 10.0. The molecule has 2 aliphatic rings. The van der Waals surface area contributed by atoms with Crippen LogP contribution >= 0.6 is 0 Å². The van der Waals surface area contributed by atoms with Gasteiger partial charge >= 0.3 is 5.97 Å². The molecule has 1 atom stereocenters. The third-order valence-corrected chi connectivity index (χ3v) is 5.68. The minimum Gasteiger partial charge on any atom is -0.469 e. The van der Waals surface area contributed by atoms with Gasteiger partial charge < -0.3 is 20.3 Å². The highest BCUT2D eigenvalue weighted by Crippen LogP contribution is 2.26. The summed E-state index contributed by atoms with van der Waals surface area (Å²) in [5.74, 6) is 1.29. The van der Waals surface area contributed by atoms with Crippen molar-refractivity contribution >= 4 is 17.8 Å². The number of rotatable bonds is 9. The zero-order valence-electron chi connectivity index (χ0n) is 17.7. The predicted molar refractivity (Wildman–Crippen MR) is 111 cm³/mol. The lowest BCUT2D eigenvalue weighted by atomic mass is 9.88. The van der Waals surface area contributed by atoms with Gasteiger partial charge in [0.05, 0.1) is 7.11 Å². The maximum Gasteiger partial charge on any atom is 0.305 e. The van der Waals surface area contributed by atoms with Crippen molar-refractivity contribution in [1.29, 1.82) is 0 Å². The summed E-state index contributed by atoms with van der Waals surface area (Å²) in [4.78, 5) is 30.5. The zero-order valence-corrected chi connectivity index (χ0v) is 17.7. The summed E-state index contributed by atoms with van der Waals surface area (Å²) < 4.78 is 4.65. The van der Waals surface area contributed by atoms with Crippen molar-refractivity contribution in [3.8, 4) is 0 Å². The van der Waals surface area contributed by atoms with Crippen molar-refractivity contribution in [2.45, 2.75) is 77.2 Å². The molecule has 2 rings (SSSR count). The normalized spacial score (nSPS) is 20.9. The Morgan fingerprint density at radius 3 is 2.61 bits per heavy atom. The second-order valence-corrected chi connectivity index (χ2v) is 7.90. The molecule has 28 heavy (non-hydrogen) atoms. The molecule has 1 aliphatic carbocycles. The lowest BCUT2D eigenvalue weighted by Gasteiger charge is -2.26. The van der Waals surface area contributed by atoms with E-state index in [0.717, 1.165) is 70.7 Å². The Bertz CT molecular complexity index is 518. The average Bonchev–Trinajstić information content (AvgIpc) is 3.19. The number of methoxy groups -OCH3 is 1. The van der Waals surface area contributed by atoms with E-state index in [1.807, 2.05) is 4.90 Å². The van der Waals surface area contributed by atoms with Crippen LogP contribution in [0.1, 0.15) is 71.1 Å². The molecule has 2 fully saturated rings. The number of hydrogen-bond donors (Lipinski definition) is 2. The Morgan fingerprint density at radius 2 is 1.89 bits per heavy atom. The van der Waals surface area contributed by atoms with Crippen LogP contribution in [-0.4, -0.2) is 62.1 Å². The molecule has 0 aromatic heterocycles. The van der Waals surface area contributed by atoms with Crippen molar-refractivity contribution < 1.29 is 14.3 Å². The summed E-state index contributed by atoms with van der Waals surface area (Å²) in [5, 5.41) is 6.79. The van der Waals surface area contributed by atoms with Crippen LogP contribution in [0.2, 0.25) is 0 Å². The standard InChI is InChI=1S/C21H38N4O3/c1-3-22-21(23-14-9-5-8-12-19(26)28-2)24-18-13-15-25(16-18)20(27)17-10-6-4-7-11-17/h17-18H,3-16H2,1-2H3,(H2,22,23,24). The van der Waals surface area contributed by atoms with Gasteiger partial charge in [0.25, 0.3) is 0 Å². The number of amides is 1. The van der Waals surface area contributed by atoms with Crippen LogP contribution in [0.25, 0.3) is 0 Å². The largest absolute Gasteiger partial charge is 0.469 e. The Hall–Kier alpha value is -1.79. The number of ether oxygens (including phenoxy) is 1. The SMILES string of the molecule is CCNC(=NCCCCCC(=O)OC)NC1CCN(C(=O)C2CCCCC2)C1. The Balaban J connectivity index is 1.71. The summed E-state index contributed by atoms with van der Waals surface area (Å²) >= 11 is 0. The van der Waals surface area contributed by atoms with Gasteiger partial charge in [0.2, 0.25) is 5.91 Å². The molecule has 0 aromatic rings. The quantitative estimate of drug-likeness (QED) is 0.272. The molecular formula is C21H38N4O3. The summed E-state index contributed by atoms with van der Waals surface area (Å²) in [6, 6.07) is 0.268. The molecule has 1 heterocycles. The minimum absolute atomic E-state index is 0.146. The van der Waals surface area contributed by atoms with E-state index >= 15 is 0 Å². The van der Waals surface area contributed by atoms with Gasteiger partial charge in [0.15, 0.2) is 5.96 Å². The van der Waals surface area contributed by atoms with Gasteiger partial charge in [-0.25, -0.2) is 0 Å². The smallest absolute Gasteiger partial charge is 0.305 e. The Morgan fingerprint density at radius 1 is 1.11 bits per heavy atom. The summed E-state index contributed by atoms with van der Waals surface area (Å²) in [6.45, 7) is 5.22. The molecular weight excluding hydrogens is 356 g/mol. The summed E-state index contributed by atoms with van der Waals surface area (Å²) in [7, 11) is 1.42. The number of nitrogens with zero attached hydrogens (tertiary/aromatic N) is 2. The minimum atomic E-state index is -0.146. The van der Waals surface area contributed by atoms with E-state index in [-0.39, 0.29) is 17.9 Å². The van der Waals surface area contributed by atoms with Crippen LogP contribution in [0.15, 0.2) is 4.99 Å². The fraction of sp³-hybridized carbons (Fsp3) is 0.857. The van der Waals surface area contributed by atoms with E-state index < -0.39 is 0 Å². The van der Waals surface area contributed by atoms with Gasteiger partial charge in [-0.15, -0.1) is 0 Å². The first-order valence-corrected chi connectivity index (χ1v) is 11.0. The molecule has 1 unspecified atom stereocenters. The van der Waals surface area contributed by atoms with Crippen LogP contribution in [-0.2, 0) is 14.3 Å². The average molecular weight is 395 g/mol. The Labute approximate surface area is 169 Å². The number of aliphatic imine (C=N–C) groups is 1. The topological polar surface area (TPSA) is 83.0 Å². The fourth-order valence-corrected chi connectivity index (χ4v) is 4.05. The number of likely N-dealkylation sites (tertiary alicyclic amines) is 1. The number of unbranched alkanes of at least 4 members (excludes halogenated alkanes) is 2. The van der Waals surface area contributed by atoms with Crippen LogP contribution in [0.4, 0.5) is 0 Å². The van der Waals surface area contributed by atoms with Crippen LogP contribution in [0.3, 0.4) is 0 Å². The number of guanidine groups is 1. The highest BCUT2D eigenvalue weighted by Gasteiger charge is 2.31. The molecule has 1 amide bonds. The molecule has 2 N–H and O–H groups in total. The summed E-state index contributed by atoms with van der Waals surface area (Å²) in [5.41, 5.74) is 0. The third kappa shape index (κ3) is 7.68. The van der Waals surface area contributed by atoms with Crippen molar-refractivity contribution in [3.05, 3.63) is 0 Å². The maximum atomic E-state index is 12.7. The second kappa shape index (κ2) is 12.6. The van der Waals surface area contributed by atoms with Gasteiger partial charge in [-0.3, -0.25) is 14.6 Å². The molecule has 7 heteroatoms. The molecule has 0 aromatic carbocycles. The lowest BCUT2D eigenvalue weighted by molar-refractivity contribution is -0.140. The maximum absolute atomic E-state index is 12.7. The van der Waals surface area contributed by atoms with Crippen molar-refractivity contribution in [2.24, 2.45) is 10.9 Å². The van der Waals surface area contributed by atoms with Crippen molar-refractivity contribution in [3.63, 3.8) is 0 Å². The molecule has 1 saturated carbocycles. The monoisotopic (exact) mass is 394 g/mol. The number of carbonyl (C=O) groups excluding carboxylic acids is 2. The predicted octanol–water partition coefficient (Wildman–Crippen LogP) is 2.46. The first-order chi connectivity index (χ1) is 13.6. The van der Waals surface area contributed by atoms with Gasteiger partial charge in [0.1, 0.15) is 0 Å². The van der Waals surface area contributed by atoms with Crippen molar-refractivity contribution in [1.82, 2.24) is 15.5 Å². The van der Waals surface area contributed by atoms with Crippen LogP contribution in [0.5, 0.6) is 0 Å². The fourth-order valence-electron chi connectivity index (χ4n) is 4.05. The molecule has 0 bridgehead atoms. The van der Waals surface area contributed by atoms with E-state index in [0.29, 0.717) is 12.3 Å². The van der Waals surface area contributed by atoms with E-state index in [2.05, 4.69) is 27.3 Å². The zero-order chi connectivity index (χ0) is 20.2. The van der Waals surface area contributed by atoms with Crippen molar-refractivity contribution in [2.75, 3.05) is 33.3 Å². The first kappa shape index (κ1) is 22.5.